The van der Waals surface area contributed by atoms with Crippen molar-refractivity contribution in [2.75, 3.05) is 39.6 Å². The van der Waals surface area contributed by atoms with E-state index in [1.165, 1.54) is 0 Å². The van der Waals surface area contributed by atoms with Crippen LogP contribution in [0.1, 0.15) is 25.7 Å². The van der Waals surface area contributed by atoms with Gasteiger partial charge in [-0.05, 0) is 6.42 Å². The number of alkyl carbamates (subject to hydrolysis) is 1. The van der Waals surface area contributed by atoms with Crippen molar-refractivity contribution in [2.24, 2.45) is 0 Å². The van der Waals surface area contributed by atoms with E-state index < -0.39 is 136 Å². The summed E-state index contributed by atoms with van der Waals surface area (Å²) < 4.78 is 37.8. The third-order valence-corrected chi connectivity index (χ3v) is 8.67. The van der Waals surface area contributed by atoms with Crippen molar-refractivity contribution >= 4 is 23.9 Å². The average molecular weight is 775 g/mol. The molecule has 0 aromatic rings. The van der Waals surface area contributed by atoms with Crippen LogP contribution < -0.4 is 5.32 Å². The van der Waals surface area contributed by atoms with E-state index in [-0.39, 0.29) is 45.4 Å². The molecule has 24 heteroatoms. The molecule has 4 heterocycles. The molecular weight excluding hydrogens is 728 g/mol. The van der Waals surface area contributed by atoms with E-state index in [1.54, 1.807) is 0 Å². The Labute approximate surface area is 300 Å². The number of ether oxygens (including phenoxy) is 7. The van der Waals surface area contributed by atoms with E-state index in [2.05, 4.69) is 5.32 Å². The minimum Gasteiger partial charge on any atom is -0.450 e. The van der Waals surface area contributed by atoms with Gasteiger partial charge in [0.2, 0.25) is 0 Å². The highest BCUT2D eigenvalue weighted by atomic mass is 16.8. The molecule has 4 saturated heterocycles. The molecule has 0 bridgehead atoms. The molecule has 4 rings (SSSR count). The van der Waals surface area contributed by atoms with Crippen molar-refractivity contribution in [3.63, 3.8) is 0 Å². The fourth-order valence-corrected chi connectivity index (χ4v) is 5.63. The zero-order valence-electron chi connectivity index (χ0n) is 28.0. The molecule has 4 aliphatic rings. The lowest BCUT2D eigenvalue weighted by Gasteiger charge is -2.46. The molecule has 4 aliphatic heterocycles. The van der Waals surface area contributed by atoms with Gasteiger partial charge in [0.25, 0.3) is 11.8 Å². The van der Waals surface area contributed by atoms with Crippen LogP contribution in [0, 0.1) is 0 Å². The Kier molecular flexibility index (Phi) is 16.0. The molecule has 3 amide bonds. The van der Waals surface area contributed by atoms with Gasteiger partial charge < -0.3 is 94.4 Å². The van der Waals surface area contributed by atoms with Gasteiger partial charge in [-0.15, -0.1) is 5.06 Å². The van der Waals surface area contributed by atoms with Crippen molar-refractivity contribution in [1.29, 1.82) is 0 Å². The summed E-state index contributed by atoms with van der Waals surface area (Å²) in [5.74, 6) is -2.16. The first-order valence-corrected chi connectivity index (χ1v) is 16.7. The van der Waals surface area contributed by atoms with Crippen LogP contribution in [-0.2, 0) is 52.4 Å². The molecule has 11 N–H and O–H groups in total. The first-order chi connectivity index (χ1) is 25.2. The van der Waals surface area contributed by atoms with Gasteiger partial charge in [-0.1, -0.05) is 0 Å². The maximum absolute atomic E-state index is 12.1. The second kappa shape index (κ2) is 19.7. The first-order valence-electron chi connectivity index (χ1n) is 16.7. The highest BCUT2D eigenvalue weighted by molar-refractivity contribution is 6.01. The van der Waals surface area contributed by atoms with Gasteiger partial charge in [-0.3, -0.25) is 9.59 Å². The van der Waals surface area contributed by atoms with Crippen LogP contribution in [0.25, 0.3) is 0 Å². The third kappa shape index (κ3) is 10.7. The predicted molar refractivity (Wildman–Crippen MR) is 161 cm³/mol. The summed E-state index contributed by atoms with van der Waals surface area (Å²) in [4.78, 5) is 51.7. The number of aliphatic hydroxyl groups excluding tert-OH is 10. The molecular formula is C29H46N2O22. The number of rotatable bonds is 16. The number of hydroxylamine groups is 2. The number of imide groups is 1. The third-order valence-electron chi connectivity index (χ3n) is 8.67. The van der Waals surface area contributed by atoms with E-state index in [9.17, 15) is 70.2 Å². The number of nitrogens with one attached hydrogen (secondary N) is 1. The number of amides is 3. The van der Waals surface area contributed by atoms with Crippen molar-refractivity contribution in [3.05, 3.63) is 0 Å². The average Bonchev–Trinajstić information content (AvgIpc) is 3.45. The fraction of sp³-hybridized carbons (Fsp3) is 0.862. The normalized spacial score (nSPS) is 39.2. The largest absolute Gasteiger partial charge is 0.450 e. The Balaban J connectivity index is 1.30. The van der Waals surface area contributed by atoms with E-state index in [1.807, 2.05) is 0 Å². The van der Waals surface area contributed by atoms with Crippen LogP contribution in [-0.4, -0.2) is 212 Å². The molecule has 304 valence electrons. The number of hydrogen-bond donors (Lipinski definition) is 11. The maximum Gasteiger partial charge on any atom is 0.407 e. The quantitative estimate of drug-likeness (QED) is 0.0512. The first kappa shape index (κ1) is 43.0. The molecule has 0 radical (unpaired) electrons. The summed E-state index contributed by atoms with van der Waals surface area (Å²) >= 11 is 0. The Bertz CT molecular complexity index is 1210. The summed E-state index contributed by atoms with van der Waals surface area (Å²) in [6.45, 7) is -3.11. The highest BCUT2D eigenvalue weighted by Gasteiger charge is 2.52. The minimum absolute atomic E-state index is 0.00811. The fourth-order valence-electron chi connectivity index (χ4n) is 5.63. The van der Waals surface area contributed by atoms with Crippen LogP contribution in [0.2, 0.25) is 0 Å². The molecule has 0 unspecified atom stereocenters. The smallest absolute Gasteiger partial charge is 0.407 e. The number of aliphatic hydroxyl groups is 10. The van der Waals surface area contributed by atoms with E-state index >= 15 is 0 Å². The molecule has 0 spiro atoms. The van der Waals surface area contributed by atoms with Crippen LogP contribution in [0.4, 0.5) is 4.79 Å². The van der Waals surface area contributed by atoms with Crippen LogP contribution >= 0.6 is 0 Å². The second-order valence-corrected chi connectivity index (χ2v) is 12.4. The number of carbonyl (C=O) groups is 4. The Hall–Kier alpha value is -2.76. The van der Waals surface area contributed by atoms with Gasteiger partial charge in [0, 0.05) is 19.4 Å². The molecule has 0 aromatic carbocycles. The van der Waals surface area contributed by atoms with Gasteiger partial charge in [0.1, 0.15) is 73.2 Å². The van der Waals surface area contributed by atoms with E-state index in [0.717, 1.165) is 0 Å². The SMILES string of the molecule is O=C(CCCOC(=O)NCCO[C@@H]1O[C@H](CO[C@H]2O[C@H](CO)[C@@H](O)[C@H](O)[C@@H]2O)[C@@H](O)[C@H](O[C@H]2O[C@H](CO)[C@@H](O)[C@H](O)[C@@H]2O)[C@@H]1O)ON1C(=O)CCC1=O. The van der Waals surface area contributed by atoms with Crippen molar-refractivity contribution in [2.45, 2.75) is 118 Å². The molecule has 4 fully saturated rings. The minimum atomic E-state index is -1.93. The number of hydrogen-bond acceptors (Lipinski definition) is 22. The lowest BCUT2D eigenvalue weighted by atomic mass is 9.96. The highest BCUT2D eigenvalue weighted by Crippen LogP contribution is 2.31. The monoisotopic (exact) mass is 774 g/mol. The molecule has 0 aliphatic carbocycles. The lowest BCUT2D eigenvalue weighted by molar-refractivity contribution is -0.366. The zero-order chi connectivity index (χ0) is 39.0. The van der Waals surface area contributed by atoms with E-state index in [0.29, 0.717) is 5.06 Å². The Morgan fingerprint density at radius 1 is 0.679 bits per heavy atom. The Morgan fingerprint density at radius 2 is 1.23 bits per heavy atom. The Morgan fingerprint density at radius 3 is 1.83 bits per heavy atom. The van der Waals surface area contributed by atoms with Crippen molar-refractivity contribution < 1.29 is 108 Å². The van der Waals surface area contributed by atoms with Gasteiger partial charge in [0.15, 0.2) is 18.9 Å². The van der Waals surface area contributed by atoms with Crippen LogP contribution in [0.15, 0.2) is 0 Å². The maximum atomic E-state index is 12.1. The van der Waals surface area contributed by atoms with Gasteiger partial charge in [0.05, 0.1) is 39.5 Å². The number of nitrogens with zero attached hydrogens (tertiary/aromatic N) is 1. The summed E-state index contributed by atoms with van der Waals surface area (Å²) in [5.41, 5.74) is 0. The van der Waals surface area contributed by atoms with Crippen molar-refractivity contribution in [1.82, 2.24) is 10.4 Å². The summed E-state index contributed by atoms with van der Waals surface area (Å²) in [6.07, 6.45) is -27.1. The molecule has 0 saturated carbocycles. The predicted octanol–water partition coefficient (Wildman–Crippen LogP) is -7.44. The molecule has 24 nitrogen and oxygen atoms in total. The summed E-state index contributed by atoms with van der Waals surface area (Å²) in [5, 5.41) is 105. The topological polar surface area (TPSA) is 360 Å². The second-order valence-electron chi connectivity index (χ2n) is 12.4. The molecule has 53 heavy (non-hydrogen) atoms. The summed E-state index contributed by atoms with van der Waals surface area (Å²) in [6, 6.07) is 0. The zero-order valence-corrected chi connectivity index (χ0v) is 28.0. The summed E-state index contributed by atoms with van der Waals surface area (Å²) in [7, 11) is 0. The van der Waals surface area contributed by atoms with Crippen LogP contribution in [0.3, 0.4) is 0 Å². The van der Waals surface area contributed by atoms with E-state index in [4.69, 9.17) is 38.0 Å². The molecule has 0 aromatic heterocycles. The van der Waals surface area contributed by atoms with Gasteiger partial charge >= 0.3 is 12.1 Å². The van der Waals surface area contributed by atoms with Gasteiger partial charge in [-0.25, -0.2) is 9.59 Å². The number of carbonyl (C=O) groups excluding carboxylic acids is 4. The standard InChI is InChI=1S/C29H46N2O22/c32-8-11-17(37)20(40)22(42)26(49-11)48-10-13-19(39)25(52-28-23(43)21(41)18(38)12(9-33)50-28)24(44)27(51-13)46-7-5-30-29(45)47-6-1-2-16(36)53-31-14(34)3-4-15(31)35/h11-13,17-28,32-33,37-44H,1-10H2,(H,30,45)/t11-,12-,13-,17-,18-,19-,20+,21+,22+,23+,24+,25+,26+,27-,28-/m1/s1. The van der Waals surface area contributed by atoms with Gasteiger partial charge in [-0.2, -0.15) is 0 Å². The van der Waals surface area contributed by atoms with Crippen molar-refractivity contribution in [3.8, 4) is 0 Å². The lowest BCUT2D eigenvalue weighted by Crippen LogP contribution is -2.65. The molecule has 15 atom stereocenters. The van der Waals surface area contributed by atoms with Crippen LogP contribution in [0.5, 0.6) is 0 Å².